The number of sulfonamides is 1. The van der Waals surface area contributed by atoms with Crippen LogP contribution in [-0.2, 0) is 21.4 Å². The minimum Gasteiger partial charge on any atom is -0.481 e. The summed E-state index contributed by atoms with van der Waals surface area (Å²) in [4.78, 5) is 11.9. The number of aryl methyl sites for hydroxylation is 1. The molecule has 1 aromatic heterocycles. The average molecular weight is 358 g/mol. The van der Waals surface area contributed by atoms with E-state index in [9.17, 15) is 13.2 Å². The minimum absolute atomic E-state index is 0.0809. The Labute approximate surface area is 139 Å². The average Bonchev–Trinajstić information content (AvgIpc) is 2.96. The first-order valence-electron chi connectivity index (χ1n) is 6.83. The summed E-state index contributed by atoms with van der Waals surface area (Å²) in [6.07, 6.45) is 1.52. The molecule has 1 aromatic carbocycles. The first-order chi connectivity index (χ1) is 10.8. The first kappa shape index (κ1) is 17.3. The zero-order chi connectivity index (χ0) is 17.0. The van der Waals surface area contributed by atoms with Crippen molar-refractivity contribution in [2.45, 2.75) is 31.4 Å². The second kappa shape index (κ2) is 7.01. The molecule has 23 heavy (non-hydrogen) atoms. The van der Waals surface area contributed by atoms with E-state index in [1.54, 1.807) is 18.2 Å². The molecule has 9 heteroatoms. The summed E-state index contributed by atoms with van der Waals surface area (Å²) in [5.41, 5.74) is 0. The Morgan fingerprint density at radius 1 is 1.48 bits per heavy atom. The topological polar surface area (TPSA) is 90.3 Å². The van der Waals surface area contributed by atoms with E-state index >= 15 is 0 Å². The Morgan fingerprint density at radius 3 is 2.83 bits per heavy atom. The number of halogens is 1. The van der Waals surface area contributed by atoms with Gasteiger partial charge in [-0.3, -0.25) is 9.48 Å². The van der Waals surface area contributed by atoms with Crippen LogP contribution in [0.2, 0.25) is 5.02 Å². The van der Waals surface area contributed by atoms with Gasteiger partial charge in [0.05, 0.1) is 6.20 Å². The summed E-state index contributed by atoms with van der Waals surface area (Å²) in [6, 6.07) is 6.48. The maximum absolute atomic E-state index is 12.1. The molecule has 1 atom stereocenters. The number of aromatic nitrogens is 2. The molecule has 0 radical (unpaired) electrons. The van der Waals surface area contributed by atoms with Crippen molar-refractivity contribution in [2.24, 2.45) is 0 Å². The van der Waals surface area contributed by atoms with Gasteiger partial charge < -0.3 is 4.74 Å². The number of carbonyl (C=O) groups excluding carboxylic acids is 1. The molecular formula is C14H16ClN3O4S. The molecule has 1 unspecified atom stereocenters. The highest BCUT2D eigenvalue weighted by Gasteiger charge is 2.24. The van der Waals surface area contributed by atoms with Crippen molar-refractivity contribution in [3.05, 3.63) is 41.7 Å². The van der Waals surface area contributed by atoms with Gasteiger partial charge in [-0.1, -0.05) is 17.7 Å². The van der Waals surface area contributed by atoms with Crippen molar-refractivity contribution >= 4 is 27.5 Å². The third-order valence-corrected chi connectivity index (χ3v) is 4.49. The number of hydrogen-bond acceptors (Lipinski definition) is 5. The van der Waals surface area contributed by atoms with Gasteiger partial charge in [0.1, 0.15) is 10.6 Å². The molecule has 0 aliphatic carbocycles. The molecule has 0 aliphatic rings. The third kappa shape index (κ3) is 4.46. The SMILES string of the molecule is CCn1cc(S(=O)(=O)NC(=O)C(C)Oc2cccc(Cl)c2)cn1. The zero-order valence-corrected chi connectivity index (χ0v) is 14.1. The molecule has 2 aromatic rings. The van der Waals surface area contributed by atoms with Gasteiger partial charge in [-0.2, -0.15) is 5.10 Å². The smallest absolute Gasteiger partial charge is 0.274 e. The fourth-order valence-corrected chi connectivity index (χ4v) is 2.90. The fraction of sp³-hybridized carbons (Fsp3) is 0.286. The molecular weight excluding hydrogens is 342 g/mol. The molecule has 0 saturated carbocycles. The predicted molar refractivity (Wildman–Crippen MR) is 84.8 cm³/mol. The van der Waals surface area contributed by atoms with Gasteiger partial charge in [0.2, 0.25) is 0 Å². The molecule has 124 valence electrons. The van der Waals surface area contributed by atoms with Gasteiger partial charge in [0.25, 0.3) is 15.9 Å². The number of benzene rings is 1. The van der Waals surface area contributed by atoms with Crippen molar-refractivity contribution < 1.29 is 17.9 Å². The molecule has 0 spiro atoms. The maximum atomic E-state index is 12.1. The van der Waals surface area contributed by atoms with Crippen LogP contribution in [0, 0.1) is 0 Å². The highest BCUT2D eigenvalue weighted by molar-refractivity contribution is 7.90. The van der Waals surface area contributed by atoms with E-state index in [4.69, 9.17) is 16.3 Å². The van der Waals surface area contributed by atoms with E-state index in [2.05, 4.69) is 5.10 Å². The first-order valence-corrected chi connectivity index (χ1v) is 8.69. The molecule has 7 nitrogen and oxygen atoms in total. The monoisotopic (exact) mass is 357 g/mol. The van der Waals surface area contributed by atoms with Crippen LogP contribution >= 0.6 is 11.6 Å². The van der Waals surface area contributed by atoms with Crippen LogP contribution < -0.4 is 9.46 Å². The lowest BCUT2D eigenvalue weighted by atomic mass is 10.3. The van der Waals surface area contributed by atoms with Crippen LogP contribution in [0.1, 0.15) is 13.8 Å². The lowest BCUT2D eigenvalue weighted by Crippen LogP contribution is -2.39. The van der Waals surface area contributed by atoms with Crippen molar-refractivity contribution in [3.8, 4) is 5.75 Å². The number of rotatable bonds is 6. The molecule has 1 heterocycles. The highest BCUT2D eigenvalue weighted by atomic mass is 35.5. The molecule has 0 bridgehead atoms. The van der Waals surface area contributed by atoms with Crippen LogP contribution in [0.4, 0.5) is 0 Å². The highest BCUT2D eigenvalue weighted by Crippen LogP contribution is 2.18. The summed E-state index contributed by atoms with van der Waals surface area (Å²) >= 11 is 5.82. The minimum atomic E-state index is -3.98. The van der Waals surface area contributed by atoms with Gasteiger partial charge >= 0.3 is 0 Å². The van der Waals surface area contributed by atoms with Crippen LogP contribution in [-0.4, -0.2) is 30.2 Å². The Morgan fingerprint density at radius 2 is 2.22 bits per heavy atom. The molecule has 1 N–H and O–H groups in total. The quantitative estimate of drug-likeness (QED) is 0.851. The number of hydrogen-bond donors (Lipinski definition) is 1. The number of nitrogens with zero attached hydrogens (tertiary/aromatic N) is 2. The van der Waals surface area contributed by atoms with E-state index in [1.807, 2.05) is 11.6 Å². The lowest BCUT2D eigenvalue weighted by Gasteiger charge is -2.14. The van der Waals surface area contributed by atoms with E-state index < -0.39 is 22.0 Å². The van der Waals surface area contributed by atoms with Crippen molar-refractivity contribution in [1.29, 1.82) is 0 Å². The van der Waals surface area contributed by atoms with Gasteiger partial charge in [-0.15, -0.1) is 0 Å². The van der Waals surface area contributed by atoms with Gasteiger partial charge in [0, 0.05) is 17.8 Å². The number of amides is 1. The van der Waals surface area contributed by atoms with Crippen LogP contribution in [0.15, 0.2) is 41.6 Å². The lowest BCUT2D eigenvalue weighted by molar-refractivity contribution is -0.125. The standard InChI is InChI=1S/C14H16ClN3O4S/c1-3-18-9-13(8-16-18)23(20,21)17-14(19)10(2)22-12-6-4-5-11(15)7-12/h4-10H,3H2,1-2H3,(H,17,19). The van der Waals surface area contributed by atoms with Gasteiger partial charge in [0.15, 0.2) is 6.10 Å². The Kier molecular flexibility index (Phi) is 5.27. The molecule has 1 amide bonds. The maximum Gasteiger partial charge on any atom is 0.274 e. The van der Waals surface area contributed by atoms with Gasteiger partial charge in [-0.05, 0) is 32.0 Å². The number of ether oxygens (including phenoxy) is 1. The Hall–Kier alpha value is -2.06. The summed E-state index contributed by atoms with van der Waals surface area (Å²) in [7, 11) is -3.98. The Balaban J connectivity index is 2.05. The second-order valence-corrected chi connectivity index (χ2v) is 6.84. The summed E-state index contributed by atoms with van der Waals surface area (Å²) in [5, 5.41) is 4.32. The summed E-state index contributed by atoms with van der Waals surface area (Å²) in [5.74, 6) is -0.412. The fourth-order valence-electron chi connectivity index (χ4n) is 1.73. The predicted octanol–water partition coefficient (Wildman–Crippen LogP) is 1.83. The van der Waals surface area contributed by atoms with E-state index in [1.165, 1.54) is 30.1 Å². The number of carbonyl (C=O) groups is 1. The molecule has 2 rings (SSSR count). The van der Waals surface area contributed by atoms with Crippen molar-refractivity contribution in [1.82, 2.24) is 14.5 Å². The van der Waals surface area contributed by atoms with Crippen LogP contribution in [0.25, 0.3) is 0 Å². The third-order valence-electron chi connectivity index (χ3n) is 2.96. The zero-order valence-electron chi connectivity index (χ0n) is 12.6. The number of nitrogens with one attached hydrogen (secondary N) is 1. The van der Waals surface area contributed by atoms with Crippen molar-refractivity contribution in [3.63, 3.8) is 0 Å². The van der Waals surface area contributed by atoms with Gasteiger partial charge in [-0.25, -0.2) is 13.1 Å². The molecule has 0 aliphatic heterocycles. The van der Waals surface area contributed by atoms with Crippen LogP contribution in [0.5, 0.6) is 5.75 Å². The molecule has 0 fully saturated rings. The van der Waals surface area contributed by atoms with E-state index in [0.29, 0.717) is 17.3 Å². The summed E-state index contributed by atoms with van der Waals surface area (Å²) in [6.45, 7) is 3.79. The van der Waals surface area contributed by atoms with E-state index in [-0.39, 0.29) is 4.90 Å². The van der Waals surface area contributed by atoms with E-state index in [0.717, 1.165) is 0 Å². The van der Waals surface area contributed by atoms with Crippen LogP contribution in [0.3, 0.4) is 0 Å². The second-order valence-electron chi connectivity index (χ2n) is 4.72. The molecule has 0 saturated heterocycles. The largest absolute Gasteiger partial charge is 0.481 e. The normalized spacial score (nSPS) is 12.7. The Bertz CT molecular complexity index is 804. The van der Waals surface area contributed by atoms with Crippen molar-refractivity contribution in [2.75, 3.05) is 0 Å². The summed E-state index contributed by atoms with van der Waals surface area (Å²) < 4.78 is 33.0.